The van der Waals surface area contributed by atoms with Gasteiger partial charge < -0.3 is 5.32 Å². The molecule has 2 aliphatic rings. The summed E-state index contributed by atoms with van der Waals surface area (Å²) in [7, 11) is 0. The zero-order valence-corrected chi connectivity index (χ0v) is 19.3. The van der Waals surface area contributed by atoms with Crippen LogP contribution in [-0.2, 0) is 9.59 Å². The zero-order chi connectivity index (χ0) is 22.0. The van der Waals surface area contributed by atoms with Crippen molar-refractivity contribution in [3.05, 3.63) is 73.3 Å². The number of hydrogen-bond donors (Lipinski definition) is 1. The molecule has 1 aromatic heterocycles. The summed E-state index contributed by atoms with van der Waals surface area (Å²) in [6.07, 6.45) is 2.91. The first-order valence-corrected chi connectivity index (χ1v) is 12.3. The molecule has 0 saturated carbocycles. The van der Waals surface area contributed by atoms with E-state index in [1.807, 2.05) is 49.6 Å². The first-order chi connectivity index (χ1) is 15.0. The normalized spacial score (nSPS) is 18.6. The van der Waals surface area contributed by atoms with Gasteiger partial charge in [0.2, 0.25) is 5.91 Å². The number of nitrogens with one attached hydrogen (secondary N) is 1. The topological polar surface area (TPSA) is 70.0 Å². The fourth-order valence-electron chi connectivity index (χ4n) is 4.28. The van der Waals surface area contributed by atoms with Crippen molar-refractivity contribution in [2.24, 2.45) is 0 Å². The minimum atomic E-state index is -0.286. The third kappa shape index (κ3) is 4.53. The molecule has 6 heteroatoms. The Morgan fingerprint density at radius 2 is 2.13 bits per heavy atom. The van der Waals surface area contributed by atoms with E-state index < -0.39 is 0 Å². The van der Waals surface area contributed by atoms with Crippen LogP contribution >= 0.6 is 23.1 Å². The summed E-state index contributed by atoms with van der Waals surface area (Å²) < 4.78 is 0. The number of rotatable bonds is 5. The number of nitriles is 1. The molecule has 0 aliphatic heterocycles. The van der Waals surface area contributed by atoms with Gasteiger partial charge in [0.25, 0.3) is 0 Å². The number of aryl methyl sites for hydroxylation is 2. The van der Waals surface area contributed by atoms with E-state index in [0.29, 0.717) is 18.4 Å². The molecule has 1 N–H and O–H groups in total. The van der Waals surface area contributed by atoms with E-state index in [1.54, 1.807) is 11.3 Å². The van der Waals surface area contributed by atoms with Gasteiger partial charge in [0.15, 0.2) is 5.78 Å². The Balaban J connectivity index is 1.58. The molecule has 2 aliphatic carbocycles. The molecule has 2 aromatic rings. The number of ketones is 1. The van der Waals surface area contributed by atoms with Crippen LogP contribution in [0.25, 0.3) is 0 Å². The molecule has 0 fully saturated rings. The molecule has 4 rings (SSSR count). The molecule has 1 heterocycles. The van der Waals surface area contributed by atoms with Crippen LogP contribution in [0, 0.1) is 25.2 Å². The van der Waals surface area contributed by atoms with Crippen LogP contribution in [0.3, 0.4) is 0 Å². The minimum Gasteiger partial charge on any atom is -0.325 e. The van der Waals surface area contributed by atoms with Crippen LogP contribution in [0.2, 0.25) is 0 Å². The number of nitrogens with zero attached hydrogens (tertiary/aromatic N) is 1. The molecule has 1 atom stereocenters. The maximum Gasteiger partial charge on any atom is 0.234 e. The molecule has 158 valence electrons. The average molecular weight is 449 g/mol. The lowest BCUT2D eigenvalue weighted by atomic mass is 9.74. The number of amides is 1. The van der Waals surface area contributed by atoms with Gasteiger partial charge in [-0.05, 0) is 55.3 Å². The van der Waals surface area contributed by atoms with Crippen molar-refractivity contribution in [2.75, 3.05) is 11.1 Å². The molecule has 0 saturated heterocycles. The number of allylic oxidation sites excluding steroid dienone is 4. The summed E-state index contributed by atoms with van der Waals surface area (Å²) in [5.41, 5.74) is 5.53. The van der Waals surface area contributed by atoms with Crippen LogP contribution in [0.4, 0.5) is 5.69 Å². The first kappa shape index (κ1) is 21.6. The average Bonchev–Trinajstić information content (AvgIpc) is 3.28. The number of hydrogen-bond acceptors (Lipinski definition) is 5. The highest BCUT2D eigenvalue weighted by molar-refractivity contribution is 8.03. The predicted octanol–water partition coefficient (Wildman–Crippen LogP) is 6.05. The highest BCUT2D eigenvalue weighted by atomic mass is 32.2. The van der Waals surface area contributed by atoms with Crippen molar-refractivity contribution >= 4 is 40.5 Å². The highest BCUT2D eigenvalue weighted by Gasteiger charge is 2.37. The van der Waals surface area contributed by atoms with Crippen molar-refractivity contribution in [1.29, 1.82) is 5.26 Å². The number of thiophene rings is 1. The lowest BCUT2D eigenvalue weighted by Gasteiger charge is -2.31. The number of carbonyl (C=O) groups is 2. The number of Topliss-reactive ketones (excluding diaryl/α,β-unsaturated/α-hetero) is 1. The predicted molar refractivity (Wildman–Crippen MR) is 127 cm³/mol. The molecule has 0 bridgehead atoms. The van der Waals surface area contributed by atoms with Gasteiger partial charge in [0.05, 0.1) is 23.3 Å². The Morgan fingerprint density at radius 3 is 2.87 bits per heavy atom. The number of anilines is 1. The lowest BCUT2D eigenvalue weighted by molar-refractivity contribution is -0.116. The Labute approximate surface area is 191 Å². The Bertz CT molecular complexity index is 1140. The molecular formula is C25H24N2O2S2. The van der Waals surface area contributed by atoms with Crippen LogP contribution in [-0.4, -0.2) is 17.4 Å². The number of carbonyl (C=O) groups excluding carboxylic acids is 2. The third-order valence-corrected chi connectivity index (χ3v) is 7.86. The molecule has 0 spiro atoms. The summed E-state index contributed by atoms with van der Waals surface area (Å²) in [6.45, 7) is 3.97. The molecule has 0 radical (unpaired) electrons. The second kappa shape index (κ2) is 9.25. The summed E-state index contributed by atoms with van der Waals surface area (Å²) >= 11 is 3.01. The van der Waals surface area contributed by atoms with Crippen molar-refractivity contribution in [2.45, 2.75) is 45.4 Å². The van der Waals surface area contributed by atoms with Gasteiger partial charge in [0, 0.05) is 33.9 Å². The molecule has 1 amide bonds. The van der Waals surface area contributed by atoms with Gasteiger partial charge in [-0.15, -0.1) is 23.1 Å². The number of thioether (sulfide) groups is 1. The fraction of sp³-hybridized carbons (Fsp3) is 0.320. The minimum absolute atomic E-state index is 0.0874. The SMILES string of the molecule is Cc1ccc(C)c(NC(=O)CSC2=C(C#N)C(c3cccs3)C3=C(CCCC3=O)C2)c1. The van der Waals surface area contributed by atoms with E-state index in [1.165, 1.54) is 11.8 Å². The van der Waals surface area contributed by atoms with Gasteiger partial charge in [0.1, 0.15) is 0 Å². The first-order valence-electron chi connectivity index (χ1n) is 10.4. The van der Waals surface area contributed by atoms with Gasteiger partial charge in [-0.2, -0.15) is 5.26 Å². The van der Waals surface area contributed by atoms with Gasteiger partial charge in [-0.3, -0.25) is 9.59 Å². The molecule has 4 nitrogen and oxygen atoms in total. The smallest absolute Gasteiger partial charge is 0.234 e. The van der Waals surface area contributed by atoms with Crippen molar-refractivity contribution < 1.29 is 9.59 Å². The Kier molecular flexibility index (Phi) is 6.45. The van der Waals surface area contributed by atoms with Crippen LogP contribution < -0.4 is 5.32 Å². The van der Waals surface area contributed by atoms with E-state index in [9.17, 15) is 14.9 Å². The quantitative estimate of drug-likeness (QED) is 0.604. The van der Waals surface area contributed by atoms with Crippen molar-refractivity contribution in [3.63, 3.8) is 0 Å². The summed E-state index contributed by atoms with van der Waals surface area (Å²) in [4.78, 5) is 27.4. The van der Waals surface area contributed by atoms with Crippen LogP contribution in [0.15, 0.2) is 57.3 Å². The summed E-state index contributed by atoms with van der Waals surface area (Å²) in [5.74, 6) is 0.0348. The molecular weight excluding hydrogens is 424 g/mol. The maximum atomic E-state index is 12.8. The standard InChI is InChI=1S/C25H24N2O2S2/c1-15-8-9-16(2)19(11-15)27-23(29)14-31-22-12-17-5-3-6-20(28)24(17)25(18(22)13-26)21-7-4-10-30-21/h4,7-11,25H,3,5-6,12,14H2,1-2H3,(H,27,29). The summed E-state index contributed by atoms with van der Waals surface area (Å²) in [6, 6.07) is 12.3. The van der Waals surface area contributed by atoms with Crippen LogP contribution in [0.1, 0.15) is 47.6 Å². The lowest BCUT2D eigenvalue weighted by Crippen LogP contribution is -2.23. The van der Waals surface area contributed by atoms with Crippen molar-refractivity contribution in [3.8, 4) is 6.07 Å². The number of benzene rings is 1. The van der Waals surface area contributed by atoms with E-state index in [-0.39, 0.29) is 23.4 Å². The van der Waals surface area contributed by atoms with Gasteiger partial charge >= 0.3 is 0 Å². The van der Waals surface area contributed by atoms with Gasteiger partial charge in [-0.1, -0.05) is 23.8 Å². The molecule has 1 aromatic carbocycles. The Hall–Kier alpha value is -2.62. The van der Waals surface area contributed by atoms with E-state index in [2.05, 4.69) is 11.4 Å². The second-order valence-electron chi connectivity index (χ2n) is 8.02. The third-order valence-electron chi connectivity index (χ3n) is 5.81. The molecule has 1 unspecified atom stereocenters. The van der Waals surface area contributed by atoms with Crippen molar-refractivity contribution in [1.82, 2.24) is 0 Å². The van der Waals surface area contributed by atoms with Gasteiger partial charge in [-0.25, -0.2) is 0 Å². The van der Waals surface area contributed by atoms with E-state index in [4.69, 9.17) is 0 Å². The monoisotopic (exact) mass is 448 g/mol. The highest BCUT2D eigenvalue weighted by Crippen LogP contribution is 2.49. The maximum absolute atomic E-state index is 12.8. The second-order valence-corrected chi connectivity index (χ2v) is 10.1. The Morgan fingerprint density at radius 1 is 1.29 bits per heavy atom. The van der Waals surface area contributed by atoms with Crippen LogP contribution in [0.5, 0.6) is 0 Å². The summed E-state index contributed by atoms with van der Waals surface area (Å²) in [5, 5.41) is 15.0. The fourth-order valence-corrected chi connectivity index (χ4v) is 6.09. The van der Waals surface area contributed by atoms with E-state index in [0.717, 1.165) is 50.6 Å². The zero-order valence-electron chi connectivity index (χ0n) is 17.7. The molecule has 31 heavy (non-hydrogen) atoms. The van der Waals surface area contributed by atoms with E-state index >= 15 is 0 Å². The largest absolute Gasteiger partial charge is 0.325 e.